The van der Waals surface area contributed by atoms with E-state index in [0.29, 0.717) is 45.9 Å². The van der Waals surface area contributed by atoms with Crippen LogP contribution in [0.3, 0.4) is 0 Å². The van der Waals surface area contributed by atoms with E-state index in [-0.39, 0.29) is 18.9 Å². The SMILES string of the molecule is O=C(O)CCCN1C(=O)/C(=C/C(=C/N2CCOCC2)c2nc3ccccc3o2)SC1=S. The van der Waals surface area contributed by atoms with E-state index in [1.807, 2.05) is 30.5 Å². The van der Waals surface area contributed by atoms with Gasteiger partial charge in [-0.2, -0.15) is 0 Å². The summed E-state index contributed by atoms with van der Waals surface area (Å²) in [5, 5.41) is 8.84. The van der Waals surface area contributed by atoms with E-state index in [0.717, 1.165) is 18.6 Å². The summed E-state index contributed by atoms with van der Waals surface area (Å²) in [4.78, 5) is 32.3. The number of carboxylic acids is 1. The van der Waals surface area contributed by atoms with Crippen molar-refractivity contribution in [1.29, 1.82) is 0 Å². The summed E-state index contributed by atoms with van der Waals surface area (Å²) >= 11 is 6.55. The van der Waals surface area contributed by atoms with Gasteiger partial charge >= 0.3 is 5.97 Å². The fourth-order valence-corrected chi connectivity index (χ4v) is 4.58. The summed E-state index contributed by atoms with van der Waals surface area (Å²) in [6.07, 6.45) is 4.01. The zero-order valence-corrected chi connectivity index (χ0v) is 18.3. The molecule has 1 N–H and O–H groups in total. The highest BCUT2D eigenvalue weighted by Gasteiger charge is 2.32. The number of morpholine rings is 1. The molecule has 2 fully saturated rings. The number of para-hydroxylation sites is 2. The number of ether oxygens (including phenoxy) is 1. The van der Waals surface area contributed by atoms with Gasteiger partial charge in [-0.1, -0.05) is 36.1 Å². The number of nitrogens with zero attached hydrogens (tertiary/aromatic N) is 3. The quantitative estimate of drug-likeness (QED) is 0.495. The van der Waals surface area contributed by atoms with Crippen LogP contribution in [0.1, 0.15) is 18.7 Å². The van der Waals surface area contributed by atoms with E-state index < -0.39 is 5.97 Å². The number of carbonyl (C=O) groups is 2. The summed E-state index contributed by atoms with van der Waals surface area (Å²) in [5.41, 5.74) is 2.07. The van der Waals surface area contributed by atoms with Gasteiger partial charge < -0.3 is 19.2 Å². The molecule has 0 unspecified atom stereocenters. The van der Waals surface area contributed by atoms with Crippen molar-refractivity contribution >= 4 is 56.8 Å². The average molecular weight is 460 g/mol. The minimum Gasteiger partial charge on any atom is -0.481 e. The second-order valence-electron chi connectivity index (χ2n) is 7.05. The van der Waals surface area contributed by atoms with Gasteiger partial charge in [-0.3, -0.25) is 14.5 Å². The molecule has 1 aromatic carbocycles. The van der Waals surface area contributed by atoms with Crippen LogP contribution < -0.4 is 0 Å². The van der Waals surface area contributed by atoms with Gasteiger partial charge in [-0.05, 0) is 24.6 Å². The molecule has 3 heterocycles. The Morgan fingerprint density at radius 3 is 2.81 bits per heavy atom. The van der Waals surface area contributed by atoms with Crippen LogP contribution in [0.5, 0.6) is 0 Å². The van der Waals surface area contributed by atoms with Crippen LogP contribution in [0.25, 0.3) is 16.7 Å². The molecular formula is C21H21N3O5S2. The maximum Gasteiger partial charge on any atom is 0.303 e. The van der Waals surface area contributed by atoms with Crippen molar-refractivity contribution in [1.82, 2.24) is 14.8 Å². The number of allylic oxidation sites excluding steroid dienone is 2. The van der Waals surface area contributed by atoms with E-state index >= 15 is 0 Å². The third-order valence-electron chi connectivity index (χ3n) is 4.84. The van der Waals surface area contributed by atoms with Gasteiger partial charge in [-0.25, -0.2) is 4.98 Å². The molecule has 4 rings (SSSR count). The Bertz CT molecular complexity index is 1040. The molecule has 2 saturated heterocycles. The number of hydrogen-bond donors (Lipinski definition) is 1. The molecule has 1 aromatic heterocycles. The van der Waals surface area contributed by atoms with E-state index in [4.69, 9.17) is 26.5 Å². The zero-order valence-electron chi connectivity index (χ0n) is 16.7. The lowest BCUT2D eigenvalue weighted by Crippen LogP contribution is -2.32. The Balaban J connectivity index is 1.63. The van der Waals surface area contributed by atoms with Crippen molar-refractivity contribution in [3.05, 3.63) is 47.3 Å². The second-order valence-corrected chi connectivity index (χ2v) is 8.73. The van der Waals surface area contributed by atoms with Crippen LogP contribution in [0.15, 0.2) is 45.9 Å². The minimum atomic E-state index is -0.896. The van der Waals surface area contributed by atoms with Crippen molar-refractivity contribution in [2.45, 2.75) is 12.8 Å². The Kier molecular flexibility index (Phi) is 6.69. The number of hydrogen-bond acceptors (Lipinski definition) is 8. The monoisotopic (exact) mass is 459 g/mol. The first-order valence-electron chi connectivity index (χ1n) is 9.88. The second kappa shape index (κ2) is 9.63. The number of thiocarbonyl (C=S) groups is 1. The number of amides is 1. The van der Waals surface area contributed by atoms with Crippen LogP contribution >= 0.6 is 24.0 Å². The minimum absolute atomic E-state index is 0.0127. The first-order chi connectivity index (χ1) is 15.0. The van der Waals surface area contributed by atoms with Crippen LogP contribution in [-0.2, 0) is 14.3 Å². The summed E-state index contributed by atoms with van der Waals surface area (Å²) in [7, 11) is 0. The lowest BCUT2D eigenvalue weighted by molar-refractivity contribution is -0.137. The molecule has 10 heteroatoms. The molecule has 8 nitrogen and oxygen atoms in total. The molecule has 0 aliphatic carbocycles. The molecule has 162 valence electrons. The number of fused-ring (bicyclic) bond motifs is 1. The number of rotatable bonds is 7. The Labute approximate surface area is 188 Å². The maximum absolute atomic E-state index is 12.9. The molecule has 0 radical (unpaired) electrons. The number of aliphatic carboxylic acids is 1. The number of carboxylic acid groups (broad SMARTS) is 1. The van der Waals surface area contributed by atoms with Crippen molar-refractivity contribution in [2.75, 3.05) is 32.8 Å². The number of carbonyl (C=O) groups excluding carboxylic acids is 1. The highest BCUT2D eigenvalue weighted by molar-refractivity contribution is 8.26. The molecular weight excluding hydrogens is 438 g/mol. The number of thioether (sulfide) groups is 1. The highest BCUT2D eigenvalue weighted by atomic mass is 32.2. The standard InChI is InChI=1S/C21H21N3O5S2/c25-18(26)6-3-7-24-20(27)17(31-21(24)30)12-14(13-23-8-10-28-11-9-23)19-22-15-4-1-2-5-16(15)29-19/h1-2,4-5,12-13H,3,6-11H2,(H,25,26)/b14-13-,17-12-. The van der Waals surface area contributed by atoms with E-state index in [2.05, 4.69) is 9.88 Å². The largest absolute Gasteiger partial charge is 0.481 e. The molecule has 0 spiro atoms. The summed E-state index contributed by atoms with van der Waals surface area (Å²) in [6.45, 7) is 2.99. The van der Waals surface area contributed by atoms with Gasteiger partial charge in [0.1, 0.15) is 9.84 Å². The fraction of sp³-hybridized carbons (Fsp3) is 0.333. The fourth-order valence-electron chi connectivity index (χ4n) is 3.28. The lowest BCUT2D eigenvalue weighted by atomic mass is 10.2. The predicted molar refractivity (Wildman–Crippen MR) is 121 cm³/mol. The Hall–Kier alpha value is -2.69. The van der Waals surface area contributed by atoms with Gasteiger partial charge in [-0.15, -0.1) is 0 Å². The molecule has 0 bridgehead atoms. The van der Waals surface area contributed by atoms with Gasteiger partial charge in [0.05, 0.1) is 23.7 Å². The number of aromatic nitrogens is 1. The molecule has 2 aliphatic heterocycles. The van der Waals surface area contributed by atoms with Gasteiger partial charge in [0.15, 0.2) is 5.58 Å². The predicted octanol–water partition coefficient (Wildman–Crippen LogP) is 3.11. The van der Waals surface area contributed by atoms with Crippen molar-refractivity contribution < 1.29 is 23.8 Å². The zero-order chi connectivity index (χ0) is 21.8. The van der Waals surface area contributed by atoms with Crippen molar-refractivity contribution in [3.8, 4) is 0 Å². The summed E-state index contributed by atoms with van der Waals surface area (Å²) in [5.74, 6) is -0.708. The normalized spacial score (nSPS) is 19.1. The van der Waals surface area contributed by atoms with Crippen LogP contribution in [0.2, 0.25) is 0 Å². The van der Waals surface area contributed by atoms with Gasteiger partial charge in [0.2, 0.25) is 5.89 Å². The molecule has 1 amide bonds. The molecule has 31 heavy (non-hydrogen) atoms. The average Bonchev–Trinajstić information content (AvgIpc) is 3.30. The van der Waals surface area contributed by atoms with Gasteiger partial charge in [0.25, 0.3) is 5.91 Å². The van der Waals surface area contributed by atoms with E-state index in [9.17, 15) is 9.59 Å². The molecule has 2 aliphatic rings. The number of benzene rings is 1. The third kappa shape index (κ3) is 5.15. The highest BCUT2D eigenvalue weighted by Crippen LogP contribution is 2.34. The smallest absolute Gasteiger partial charge is 0.303 e. The molecule has 0 atom stereocenters. The summed E-state index contributed by atoms with van der Waals surface area (Å²) in [6, 6.07) is 7.49. The van der Waals surface area contributed by atoms with Crippen molar-refractivity contribution in [3.63, 3.8) is 0 Å². The first-order valence-corrected chi connectivity index (χ1v) is 11.1. The molecule has 0 saturated carbocycles. The summed E-state index contributed by atoms with van der Waals surface area (Å²) < 4.78 is 11.8. The maximum atomic E-state index is 12.9. The van der Waals surface area contributed by atoms with Gasteiger partial charge in [0, 0.05) is 32.3 Å². The Morgan fingerprint density at radius 1 is 1.29 bits per heavy atom. The third-order valence-corrected chi connectivity index (χ3v) is 6.22. The van der Waals surface area contributed by atoms with Crippen LogP contribution in [0, 0.1) is 0 Å². The van der Waals surface area contributed by atoms with E-state index in [1.54, 1.807) is 6.08 Å². The van der Waals surface area contributed by atoms with E-state index in [1.165, 1.54) is 16.7 Å². The molecule has 2 aromatic rings. The number of oxazole rings is 1. The Morgan fingerprint density at radius 2 is 2.06 bits per heavy atom. The first kappa shape index (κ1) is 21.5. The van der Waals surface area contributed by atoms with Crippen LogP contribution in [-0.4, -0.2) is 68.9 Å². The van der Waals surface area contributed by atoms with Crippen molar-refractivity contribution in [2.24, 2.45) is 0 Å². The van der Waals surface area contributed by atoms with Crippen LogP contribution in [0.4, 0.5) is 0 Å². The lowest BCUT2D eigenvalue weighted by Gasteiger charge is -2.25. The topological polar surface area (TPSA) is 96.1 Å².